The van der Waals surface area contributed by atoms with Crippen molar-refractivity contribution in [2.45, 2.75) is 6.92 Å². The predicted octanol–water partition coefficient (Wildman–Crippen LogP) is 3.02. The van der Waals surface area contributed by atoms with Crippen molar-refractivity contribution in [3.63, 3.8) is 0 Å². The molecule has 1 aromatic carbocycles. The molecule has 0 radical (unpaired) electrons. The van der Waals surface area contributed by atoms with E-state index < -0.39 is 0 Å². The largest absolute Gasteiger partial charge is 0.360 e. The van der Waals surface area contributed by atoms with E-state index in [9.17, 15) is 4.79 Å². The average Bonchev–Trinajstić information content (AvgIpc) is 2.71. The lowest BCUT2D eigenvalue weighted by Gasteiger charge is -1.98. The van der Waals surface area contributed by atoms with Crippen molar-refractivity contribution in [3.8, 4) is 11.3 Å². The summed E-state index contributed by atoms with van der Waals surface area (Å²) >= 11 is 0. The monoisotopic (exact) mass is 213 g/mol. The number of hydrogen-bond donors (Lipinski definition) is 0. The molecule has 0 amide bonds. The summed E-state index contributed by atoms with van der Waals surface area (Å²) in [7, 11) is 0. The lowest BCUT2D eigenvalue weighted by molar-refractivity contribution is 0.104. The van der Waals surface area contributed by atoms with Gasteiger partial charge in [-0.25, -0.2) is 0 Å². The molecule has 0 saturated carbocycles. The van der Waals surface area contributed by atoms with Gasteiger partial charge in [-0.3, -0.25) is 4.79 Å². The molecule has 0 spiro atoms. The van der Waals surface area contributed by atoms with Crippen LogP contribution in [0.15, 0.2) is 47.5 Å². The summed E-state index contributed by atoms with van der Waals surface area (Å²) in [6, 6.07) is 9.46. The van der Waals surface area contributed by atoms with Crippen molar-refractivity contribution in [2.75, 3.05) is 0 Å². The molecule has 0 saturated heterocycles. The number of aromatic nitrogens is 1. The van der Waals surface area contributed by atoms with Crippen LogP contribution in [0, 0.1) is 6.92 Å². The number of aryl methyl sites for hydroxylation is 1. The van der Waals surface area contributed by atoms with E-state index in [2.05, 4.69) is 11.7 Å². The molecule has 16 heavy (non-hydrogen) atoms. The Morgan fingerprint density at radius 1 is 1.38 bits per heavy atom. The van der Waals surface area contributed by atoms with Gasteiger partial charge >= 0.3 is 0 Å². The van der Waals surface area contributed by atoms with E-state index in [0.29, 0.717) is 17.0 Å². The van der Waals surface area contributed by atoms with Crippen LogP contribution in [0.2, 0.25) is 0 Å². The van der Waals surface area contributed by atoms with Crippen LogP contribution in [0.25, 0.3) is 11.3 Å². The van der Waals surface area contributed by atoms with Crippen LogP contribution >= 0.6 is 0 Å². The van der Waals surface area contributed by atoms with Gasteiger partial charge in [0, 0.05) is 5.56 Å². The Labute approximate surface area is 93.4 Å². The summed E-state index contributed by atoms with van der Waals surface area (Å²) < 4.78 is 5.05. The number of hydrogen-bond acceptors (Lipinski definition) is 3. The average molecular weight is 213 g/mol. The lowest BCUT2D eigenvalue weighted by Crippen LogP contribution is -1.96. The van der Waals surface area contributed by atoms with Gasteiger partial charge in [0.15, 0.2) is 5.78 Å². The van der Waals surface area contributed by atoms with Gasteiger partial charge in [-0.05, 0) is 13.0 Å². The van der Waals surface area contributed by atoms with Crippen LogP contribution < -0.4 is 0 Å². The summed E-state index contributed by atoms with van der Waals surface area (Å²) in [6.45, 7) is 5.19. The summed E-state index contributed by atoms with van der Waals surface area (Å²) in [5.41, 5.74) is 1.92. The molecule has 3 nitrogen and oxygen atoms in total. The number of rotatable bonds is 3. The molecule has 2 aromatic rings. The maximum atomic E-state index is 11.7. The smallest absolute Gasteiger partial charge is 0.191 e. The summed E-state index contributed by atoms with van der Waals surface area (Å²) in [6.07, 6.45) is 1.27. The van der Waals surface area contributed by atoms with Crippen molar-refractivity contribution in [2.24, 2.45) is 0 Å². The van der Waals surface area contributed by atoms with Crippen molar-refractivity contribution < 1.29 is 9.32 Å². The van der Waals surface area contributed by atoms with E-state index in [4.69, 9.17) is 4.52 Å². The second kappa shape index (κ2) is 4.14. The number of carbonyl (C=O) groups excluding carboxylic acids is 1. The van der Waals surface area contributed by atoms with Crippen LogP contribution in [0.4, 0.5) is 0 Å². The lowest BCUT2D eigenvalue weighted by atomic mass is 10.0. The maximum Gasteiger partial charge on any atom is 0.191 e. The molecule has 0 aliphatic heterocycles. The number of allylic oxidation sites excluding steroid dienone is 1. The van der Waals surface area contributed by atoms with Crippen LogP contribution in [-0.2, 0) is 0 Å². The first-order chi connectivity index (χ1) is 7.74. The molecule has 0 N–H and O–H groups in total. The third-order valence-electron chi connectivity index (χ3n) is 2.34. The van der Waals surface area contributed by atoms with Crippen molar-refractivity contribution >= 4 is 5.78 Å². The third kappa shape index (κ3) is 1.67. The topological polar surface area (TPSA) is 43.1 Å². The minimum Gasteiger partial charge on any atom is -0.360 e. The van der Waals surface area contributed by atoms with E-state index >= 15 is 0 Å². The molecule has 3 heteroatoms. The molecule has 1 aromatic heterocycles. The molecule has 0 atom stereocenters. The molecule has 1 heterocycles. The van der Waals surface area contributed by atoms with E-state index in [-0.39, 0.29) is 5.78 Å². The summed E-state index contributed by atoms with van der Waals surface area (Å²) in [5, 5.41) is 3.91. The van der Waals surface area contributed by atoms with Gasteiger partial charge in [0.25, 0.3) is 0 Å². The fraction of sp³-hybridized carbons (Fsp3) is 0.0769. The van der Waals surface area contributed by atoms with Gasteiger partial charge in [0.1, 0.15) is 11.5 Å². The fourth-order valence-electron chi connectivity index (χ4n) is 1.56. The van der Waals surface area contributed by atoms with Gasteiger partial charge in [-0.15, -0.1) is 0 Å². The van der Waals surface area contributed by atoms with Gasteiger partial charge in [-0.1, -0.05) is 42.1 Å². The molecular weight excluding hydrogens is 202 g/mol. The highest BCUT2D eigenvalue weighted by Crippen LogP contribution is 2.25. The molecule has 0 aliphatic carbocycles. The van der Waals surface area contributed by atoms with E-state index in [1.54, 1.807) is 6.92 Å². The molecule has 0 aliphatic rings. The van der Waals surface area contributed by atoms with Gasteiger partial charge in [0.05, 0.1) is 5.56 Å². The SMILES string of the molecule is C=CC(=O)c1c(-c2ccccc2)noc1C. The zero-order valence-electron chi connectivity index (χ0n) is 8.93. The van der Waals surface area contributed by atoms with E-state index in [1.165, 1.54) is 6.08 Å². The Morgan fingerprint density at radius 2 is 2.06 bits per heavy atom. The Bertz CT molecular complexity index is 526. The molecular formula is C13H11NO2. The Morgan fingerprint density at radius 3 is 2.69 bits per heavy atom. The first-order valence-corrected chi connectivity index (χ1v) is 4.92. The Hall–Kier alpha value is -2.16. The van der Waals surface area contributed by atoms with E-state index in [1.807, 2.05) is 30.3 Å². The van der Waals surface area contributed by atoms with Crippen molar-refractivity contribution in [3.05, 3.63) is 54.3 Å². The van der Waals surface area contributed by atoms with Crippen molar-refractivity contribution in [1.29, 1.82) is 0 Å². The number of carbonyl (C=O) groups is 1. The predicted molar refractivity (Wildman–Crippen MR) is 61.2 cm³/mol. The number of ketones is 1. The third-order valence-corrected chi connectivity index (χ3v) is 2.34. The van der Waals surface area contributed by atoms with Crippen molar-refractivity contribution in [1.82, 2.24) is 5.16 Å². The summed E-state index contributed by atoms with van der Waals surface area (Å²) in [4.78, 5) is 11.7. The van der Waals surface area contributed by atoms with Crippen LogP contribution in [0.3, 0.4) is 0 Å². The fourth-order valence-corrected chi connectivity index (χ4v) is 1.56. The molecule has 0 unspecified atom stereocenters. The highest BCUT2D eigenvalue weighted by Gasteiger charge is 2.18. The highest BCUT2D eigenvalue weighted by molar-refractivity contribution is 6.08. The second-order valence-electron chi connectivity index (χ2n) is 3.40. The number of nitrogens with zero attached hydrogens (tertiary/aromatic N) is 1. The molecule has 80 valence electrons. The Kier molecular flexibility index (Phi) is 2.68. The number of benzene rings is 1. The van der Waals surface area contributed by atoms with Gasteiger partial charge < -0.3 is 4.52 Å². The van der Waals surface area contributed by atoms with Crippen LogP contribution in [-0.4, -0.2) is 10.9 Å². The highest BCUT2D eigenvalue weighted by atomic mass is 16.5. The minimum absolute atomic E-state index is 0.169. The minimum atomic E-state index is -0.169. The zero-order chi connectivity index (χ0) is 11.5. The first-order valence-electron chi connectivity index (χ1n) is 4.92. The zero-order valence-corrected chi connectivity index (χ0v) is 8.93. The van der Waals surface area contributed by atoms with Crippen LogP contribution in [0.1, 0.15) is 16.1 Å². The standard InChI is InChI=1S/C13H11NO2/c1-3-11(15)12-9(2)16-14-13(12)10-7-5-4-6-8-10/h3-8H,1H2,2H3. The maximum absolute atomic E-state index is 11.7. The van der Waals surface area contributed by atoms with Crippen LogP contribution in [0.5, 0.6) is 0 Å². The first kappa shape index (κ1) is 10.4. The quantitative estimate of drug-likeness (QED) is 0.581. The Balaban J connectivity index is 2.59. The molecule has 0 bridgehead atoms. The normalized spacial score (nSPS) is 10.1. The summed E-state index contributed by atoms with van der Waals surface area (Å²) in [5.74, 6) is 0.348. The molecule has 0 fully saturated rings. The molecule has 2 rings (SSSR count). The second-order valence-corrected chi connectivity index (χ2v) is 3.40. The van der Waals surface area contributed by atoms with Gasteiger partial charge in [-0.2, -0.15) is 0 Å². The van der Waals surface area contributed by atoms with E-state index in [0.717, 1.165) is 5.56 Å². The van der Waals surface area contributed by atoms with Gasteiger partial charge in [0.2, 0.25) is 0 Å².